The fraction of sp³-hybridized carbons (Fsp3) is 0.731. The van der Waals surface area contributed by atoms with Gasteiger partial charge in [-0.3, -0.25) is 4.90 Å². The Morgan fingerprint density at radius 2 is 1.60 bits per heavy atom. The van der Waals surface area contributed by atoms with Crippen molar-refractivity contribution in [1.82, 2.24) is 4.90 Å². The summed E-state index contributed by atoms with van der Waals surface area (Å²) >= 11 is 1.98. The predicted molar refractivity (Wildman–Crippen MR) is 132 cm³/mol. The minimum absolute atomic E-state index is 0. The highest BCUT2D eigenvalue weighted by Gasteiger charge is 2.20. The highest BCUT2D eigenvalue weighted by atomic mass is 32.1. The van der Waals surface area contributed by atoms with E-state index in [9.17, 15) is 0 Å². The standard InChI is InChI=1S/C25H40N2S.CH2O.H2/c1-4-10-21(11-5-1)18-23(22-12-6-2-7-13-22)19-26-25-15-14-24(28-25)20-27-16-8-3-9-17-27;1-2;/h14-15,18,21-22,26H,1-13,16-17,19-20H2;1H2;1H/b23-18+;;. The van der Waals surface area contributed by atoms with Crippen molar-refractivity contribution in [2.45, 2.75) is 90.0 Å². The molecule has 1 aliphatic heterocycles. The molecule has 1 aromatic rings. The molecule has 1 saturated heterocycles. The first-order valence-electron chi connectivity index (χ1n) is 12.4. The first kappa shape index (κ1) is 23.5. The molecule has 2 saturated carbocycles. The van der Waals surface area contributed by atoms with Crippen LogP contribution >= 0.6 is 11.3 Å². The van der Waals surface area contributed by atoms with Gasteiger partial charge in [0.2, 0.25) is 0 Å². The van der Waals surface area contributed by atoms with E-state index in [1.807, 2.05) is 18.1 Å². The Bertz CT molecular complexity index is 629. The molecule has 3 aliphatic rings. The van der Waals surface area contributed by atoms with Crippen molar-refractivity contribution in [3.05, 3.63) is 28.7 Å². The van der Waals surface area contributed by atoms with Gasteiger partial charge < -0.3 is 10.1 Å². The quantitative estimate of drug-likeness (QED) is 0.459. The molecule has 4 rings (SSSR count). The molecule has 170 valence electrons. The van der Waals surface area contributed by atoms with Crippen LogP contribution in [0.25, 0.3) is 0 Å². The van der Waals surface area contributed by atoms with E-state index in [1.165, 1.54) is 106 Å². The Hall–Kier alpha value is -1.13. The SMILES string of the molecule is C(=C(/CNc1ccc(CN2CCCCC2)s1)C1CCCCC1)/C1CCCCC1.C=O.[HH]. The molecule has 30 heavy (non-hydrogen) atoms. The van der Waals surface area contributed by atoms with Crippen molar-refractivity contribution in [3.63, 3.8) is 0 Å². The summed E-state index contributed by atoms with van der Waals surface area (Å²) in [6.45, 7) is 6.80. The molecular formula is C26H44N2OS. The third kappa shape index (κ3) is 7.53. The summed E-state index contributed by atoms with van der Waals surface area (Å²) in [5.74, 6) is 1.70. The first-order chi connectivity index (χ1) is 14.9. The summed E-state index contributed by atoms with van der Waals surface area (Å²) in [7, 11) is 0. The summed E-state index contributed by atoms with van der Waals surface area (Å²) < 4.78 is 0. The largest absolute Gasteiger partial charge is 0.373 e. The first-order valence-corrected chi connectivity index (χ1v) is 13.2. The maximum absolute atomic E-state index is 8.00. The van der Waals surface area contributed by atoms with Gasteiger partial charge in [-0.2, -0.15) is 0 Å². The average Bonchev–Trinajstić information content (AvgIpc) is 3.27. The van der Waals surface area contributed by atoms with Gasteiger partial charge in [0.25, 0.3) is 0 Å². The molecule has 3 fully saturated rings. The Balaban J connectivity index is 0.00000111. The van der Waals surface area contributed by atoms with E-state index >= 15 is 0 Å². The van der Waals surface area contributed by atoms with Gasteiger partial charge in [-0.15, -0.1) is 11.3 Å². The van der Waals surface area contributed by atoms with Gasteiger partial charge in [-0.05, 0) is 75.6 Å². The van der Waals surface area contributed by atoms with Crippen molar-refractivity contribution < 1.29 is 6.22 Å². The van der Waals surface area contributed by atoms with Crippen LogP contribution in [0.15, 0.2) is 23.8 Å². The van der Waals surface area contributed by atoms with Gasteiger partial charge in [0, 0.05) is 19.4 Å². The number of hydrogen-bond acceptors (Lipinski definition) is 4. The zero-order chi connectivity index (χ0) is 21.0. The van der Waals surface area contributed by atoms with Crippen LogP contribution in [0.2, 0.25) is 0 Å². The van der Waals surface area contributed by atoms with Crippen LogP contribution < -0.4 is 5.32 Å². The molecule has 0 atom stereocenters. The number of allylic oxidation sites excluding steroid dienone is 1. The van der Waals surface area contributed by atoms with Crippen LogP contribution in [0.5, 0.6) is 0 Å². The average molecular weight is 433 g/mol. The lowest BCUT2D eigenvalue weighted by atomic mass is 9.80. The van der Waals surface area contributed by atoms with Gasteiger partial charge in [0.1, 0.15) is 6.79 Å². The van der Waals surface area contributed by atoms with E-state index < -0.39 is 0 Å². The Labute approximate surface area is 189 Å². The number of likely N-dealkylation sites (tertiary alicyclic amines) is 1. The fourth-order valence-corrected chi connectivity index (χ4v) is 6.45. The van der Waals surface area contributed by atoms with Gasteiger partial charge in [-0.1, -0.05) is 56.6 Å². The smallest absolute Gasteiger partial charge is 0.106 e. The Morgan fingerprint density at radius 3 is 2.30 bits per heavy atom. The van der Waals surface area contributed by atoms with E-state index in [1.54, 1.807) is 5.57 Å². The molecule has 3 nitrogen and oxygen atoms in total. The molecular weight excluding hydrogens is 388 g/mol. The molecule has 2 heterocycles. The highest BCUT2D eigenvalue weighted by molar-refractivity contribution is 7.16. The molecule has 0 aromatic carbocycles. The lowest BCUT2D eigenvalue weighted by Crippen LogP contribution is -2.28. The number of carbonyl (C=O) groups excluding carboxylic acids is 1. The summed E-state index contributed by atoms with van der Waals surface area (Å²) in [6.07, 6.45) is 21.3. The second-order valence-corrected chi connectivity index (χ2v) is 10.6. The maximum atomic E-state index is 8.00. The van der Waals surface area contributed by atoms with Crippen molar-refractivity contribution in [3.8, 4) is 0 Å². The van der Waals surface area contributed by atoms with Gasteiger partial charge in [0.15, 0.2) is 0 Å². The van der Waals surface area contributed by atoms with E-state index in [4.69, 9.17) is 4.79 Å². The molecule has 0 unspecified atom stereocenters. The topological polar surface area (TPSA) is 32.3 Å². The third-order valence-electron chi connectivity index (χ3n) is 7.19. The van der Waals surface area contributed by atoms with Crippen LogP contribution in [0.3, 0.4) is 0 Å². The zero-order valence-electron chi connectivity index (χ0n) is 18.9. The molecule has 4 heteroatoms. The summed E-state index contributed by atoms with van der Waals surface area (Å²) in [4.78, 5) is 12.2. The van der Waals surface area contributed by atoms with Crippen molar-refractivity contribution in [1.29, 1.82) is 0 Å². The lowest BCUT2D eigenvalue weighted by molar-refractivity contribution is -0.0979. The van der Waals surface area contributed by atoms with Gasteiger partial charge in [-0.25, -0.2) is 0 Å². The van der Waals surface area contributed by atoms with Crippen LogP contribution in [0.4, 0.5) is 5.00 Å². The number of nitrogens with zero attached hydrogens (tertiary/aromatic N) is 1. The lowest BCUT2D eigenvalue weighted by Gasteiger charge is -2.27. The molecule has 0 amide bonds. The van der Waals surface area contributed by atoms with E-state index in [-0.39, 0.29) is 1.43 Å². The number of hydrogen-bond donors (Lipinski definition) is 1. The normalized spacial score (nSPS) is 22.3. The Kier molecular flexibility index (Phi) is 10.4. The van der Waals surface area contributed by atoms with E-state index in [0.29, 0.717) is 0 Å². The Morgan fingerprint density at radius 1 is 0.967 bits per heavy atom. The number of piperidine rings is 1. The molecule has 2 aliphatic carbocycles. The fourth-order valence-electron chi connectivity index (χ4n) is 5.50. The summed E-state index contributed by atoms with van der Waals surface area (Å²) in [5.41, 5.74) is 1.73. The molecule has 1 aromatic heterocycles. The predicted octanol–water partition coefficient (Wildman–Crippen LogP) is 7.29. The van der Waals surface area contributed by atoms with Gasteiger partial charge >= 0.3 is 0 Å². The number of anilines is 1. The maximum Gasteiger partial charge on any atom is 0.106 e. The van der Waals surface area contributed by atoms with Crippen molar-refractivity contribution in [2.75, 3.05) is 25.0 Å². The molecule has 1 N–H and O–H groups in total. The number of nitrogens with one attached hydrogen (secondary N) is 1. The van der Waals surface area contributed by atoms with Gasteiger partial charge in [0.05, 0.1) is 5.00 Å². The van der Waals surface area contributed by atoms with Crippen LogP contribution in [0.1, 0.15) is 89.8 Å². The minimum Gasteiger partial charge on any atom is -0.373 e. The third-order valence-corrected chi connectivity index (χ3v) is 8.21. The highest BCUT2D eigenvalue weighted by Crippen LogP contribution is 2.34. The zero-order valence-corrected chi connectivity index (χ0v) is 19.7. The second kappa shape index (κ2) is 13.3. The van der Waals surface area contributed by atoms with Crippen LogP contribution in [-0.4, -0.2) is 31.3 Å². The molecule has 0 spiro atoms. The van der Waals surface area contributed by atoms with E-state index in [0.717, 1.165) is 24.9 Å². The van der Waals surface area contributed by atoms with Crippen LogP contribution in [0, 0.1) is 11.8 Å². The molecule has 0 radical (unpaired) electrons. The van der Waals surface area contributed by atoms with Crippen LogP contribution in [-0.2, 0) is 11.3 Å². The monoisotopic (exact) mass is 432 g/mol. The number of rotatable bonds is 7. The second-order valence-electron chi connectivity index (χ2n) is 9.43. The van der Waals surface area contributed by atoms with Crippen molar-refractivity contribution in [2.24, 2.45) is 11.8 Å². The van der Waals surface area contributed by atoms with E-state index in [2.05, 4.69) is 28.4 Å². The summed E-state index contributed by atoms with van der Waals surface area (Å²) in [6, 6.07) is 4.68. The number of thiophene rings is 1. The minimum atomic E-state index is 0. The summed E-state index contributed by atoms with van der Waals surface area (Å²) in [5, 5.41) is 5.19. The van der Waals surface area contributed by atoms with Crippen molar-refractivity contribution >= 4 is 23.1 Å². The number of carbonyl (C=O) groups is 1. The molecule has 0 bridgehead atoms.